The molecular formula is C15H20N4O2. The standard InChI is InChI=1S/C15H20N4O2/c1-3-11-10-14(21-17-11)12-6-5-9-18(12)15(20)13-7-8-16-19(13)4-2/h7-8,10,12H,3-6,9H2,1-2H3/t12-/m0/s1. The van der Waals surface area contributed by atoms with Gasteiger partial charge < -0.3 is 9.42 Å². The van der Waals surface area contributed by atoms with E-state index in [1.807, 2.05) is 24.8 Å². The van der Waals surface area contributed by atoms with Gasteiger partial charge in [-0.2, -0.15) is 5.10 Å². The molecule has 21 heavy (non-hydrogen) atoms. The highest BCUT2D eigenvalue weighted by Gasteiger charge is 2.34. The maximum Gasteiger partial charge on any atom is 0.272 e. The molecule has 6 nitrogen and oxygen atoms in total. The van der Waals surface area contributed by atoms with Crippen molar-refractivity contribution in [2.75, 3.05) is 6.54 Å². The Morgan fingerprint density at radius 1 is 1.48 bits per heavy atom. The van der Waals surface area contributed by atoms with Gasteiger partial charge in [0, 0.05) is 25.4 Å². The topological polar surface area (TPSA) is 64.2 Å². The first kappa shape index (κ1) is 13.9. The largest absolute Gasteiger partial charge is 0.359 e. The lowest BCUT2D eigenvalue weighted by molar-refractivity contribution is 0.0702. The lowest BCUT2D eigenvalue weighted by Gasteiger charge is -2.22. The fourth-order valence-corrected chi connectivity index (χ4v) is 2.87. The maximum atomic E-state index is 12.8. The summed E-state index contributed by atoms with van der Waals surface area (Å²) >= 11 is 0. The first-order chi connectivity index (χ1) is 10.2. The van der Waals surface area contributed by atoms with Gasteiger partial charge in [-0.15, -0.1) is 0 Å². The van der Waals surface area contributed by atoms with E-state index in [1.54, 1.807) is 16.9 Å². The molecule has 0 aromatic carbocycles. The average molecular weight is 288 g/mol. The van der Waals surface area contributed by atoms with Gasteiger partial charge in [-0.3, -0.25) is 9.48 Å². The lowest BCUT2D eigenvalue weighted by Crippen LogP contribution is -2.32. The van der Waals surface area contributed by atoms with Crippen molar-refractivity contribution in [1.82, 2.24) is 19.8 Å². The van der Waals surface area contributed by atoms with Gasteiger partial charge in [-0.25, -0.2) is 0 Å². The van der Waals surface area contributed by atoms with Crippen LogP contribution in [0.1, 0.15) is 54.7 Å². The Balaban J connectivity index is 1.85. The monoisotopic (exact) mass is 288 g/mol. The zero-order valence-corrected chi connectivity index (χ0v) is 12.5. The van der Waals surface area contributed by atoms with Crippen LogP contribution in [0, 0.1) is 0 Å². The van der Waals surface area contributed by atoms with Gasteiger partial charge in [0.2, 0.25) is 0 Å². The van der Waals surface area contributed by atoms with E-state index in [0.717, 1.165) is 37.3 Å². The molecule has 3 rings (SSSR count). The van der Waals surface area contributed by atoms with Gasteiger partial charge in [0.05, 0.1) is 11.7 Å². The Morgan fingerprint density at radius 2 is 2.33 bits per heavy atom. The second-order valence-electron chi connectivity index (χ2n) is 5.26. The quantitative estimate of drug-likeness (QED) is 0.866. The summed E-state index contributed by atoms with van der Waals surface area (Å²) in [7, 11) is 0. The van der Waals surface area contributed by atoms with E-state index in [2.05, 4.69) is 10.3 Å². The predicted molar refractivity (Wildman–Crippen MR) is 76.8 cm³/mol. The first-order valence-corrected chi connectivity index (χ1v) is 7.52. The van der Waals surface area contributed by atoms with Crippen LogP contribution in [0.3, 0.4) is 0 Å². The average Bonchev–Trinajstić information content (AvgIpc) is 3.23. The molecule has 1 atom stereocenters. The van der Waals surface area contributed by atoms with Crippen molar-refractivity contribution < 1.29 is 9.32 Å². The summed E-state index contributed by atoms with van der Waals surface area (Å²) in [5, 5.41) is 8.21. The number of rotatable bonds is 4. The normalized spacial score (nSPS) is 18.4. The molecule has 0 radical (unpaired) electrons. The number of carbonyl (C=O) groups is 1. The molecule has 0 N–H and O–H groups in total. The van der Waals surface area contributed by atoms with Crippen LogP contribution in [0.4, 0.5) is 0 Å². The van der Waals surface area contributed by atoms with Crippen LogP contribution < -0.4 is 0 Å². The smallest absolute Gasteiger partial charge is 0.272 e. The molecule has 1 fully saturated rings. The zero-order chi connectivity index (χ0) is 14.8. The lowest BCUT2D eigenvalue weighted by atomic mass is 10.1. The van der Waals surface area contributed by atoms with Crippen LogP contribution in [-0.2, 0) is 13.0 Å². The summed E-state index contributed by atoms with van der Waals surface area (Å²) in [5.74, 6) is 0.812. The molecule has 0 saturated carbocycles. The van der Waals surface area contributed by atoms with E-state index in [1.165, 1.54) is 0 Å². The molecule has 1 aliphatic rings. The van der Waals surface area contributed by atoms with E-state index in [-0.39, 0.29) is 11.9 Å². The Bertz CT molecular complexity index is 631. The van der Waals surface area contributed by atoms with Crippen LogP contribution in [0.2, 0.25) is 0 Å². The number of hydrogen-bond donors (Lipinski definition) is 0. The third-order valence-corrected chi connectivity index (χ3v) is 4.02. The fourth-order valence-electron chi connectivity index (χ4n) is 2.87. The van der Waals surface area contributed by atoms with Gasteiger partial charge in [-0.1, -0.05) is 12.1 Å². The molecule has 3 heterocycles. The Labute approximate surface area is 123 Å². The summed E-state index contributed by atoms with van der Waals surface area (Å²) in [6.07, 6.45) is 4.42. The van der Waals surface area contributed by atoms with Crippen LogP contribution in [0.5, 0.6) is 0 Å². The number of likely N-dealkylation sites (tertiary alicyclic amines) is 1. The summed E-state index contributed by atoms with van der Waals surface area (Å²) in [4.78, 5) is 14.6. The summed E-state index contributed by atoms with van der Waals surface area (Å²) in [6.45, 7) is 5.46. The fraction of sp³-hybridized carbons (Fsp3) is 0.533. The SMILES string of the molecule is CCc1cc([C@@H]2CCCN2C(=O)c2ccnn2CC)on1. The number of aromatic nitrogens is 3. The molecule has 6 heteroatoms. The van der Waals surface area contributed by atoms with E-state index in [4.69, 9.17) is 4.52 Å². The minimum absolute atomic E-state index is 0.00879. The molecule has 0 unspecified atom stereocenters. The van der Waals surface area contributed by atoms with Crippen LogP contribution in [0.25, 0.3) is 0 Å². The highest BCUT2D eigenvalue weighted by atomic mass is 16.5. The van der Waals surface area contributed by atoms with Gasteiger partial charge in [0.15, 0.2) is 5.76 Å². The van der Waals surface area contributed by atoms with Crippen molar-refractivity contribution >= 4 is 5.91 Å². The number of amides is 1. The summed E-state index contributed by atoms with van der Waals surface area (Å²) in [6, 6.07) is 3.73. The van der Waals surface area contributed by atoms with Crippen molar-refractivity contribution in [2.24, 2.45) is 0 Å². The Morgan fingerprint density at radius 3 is 3.05 bits per heavy atom. The minimum Gasteiger partial charge on any atom is -0.359 e. The molecule has 2 aromatic heterocycles. The molecule has 1 aliphatic heterocycles. The van der Waals surface area contributed by atoms with Gasteiger partial charge in [-0.05, 0) is 32.3 Å². The van der Waals surface area contributed by atoms with Crippen molar-refractivity contribution in [3.63, 3.8) is 0 Å². The van der Waals surface area contributed by atoms with Gasteiger partial charge in [0.1, 0.15) is 5.69 Å². The van der Waals surface area contributed by atoms with E-state index in [9.17, 15) is 4.79 Å². The second-order valence-corrected chi connectivity index (χ2v) is 5.26. The van der Waals surface area contributed by atoms with Crippen molar-refractivity contribution in [2.45, 2.75) is 45.7 Å². The highest BCUT2D eigenvalue weighted by Crippen LogP contribution is 2.33. The number of carbonyl (C=O) groups excluding carboxylic acids is 1. The number of aryl methyl sites for hydroxylation is 2. The van der Waals surface area contributed by atoms with Crippen molar-refractivity contribution in [3.05, 3.63) is 35.5 Å². The molecule has 1 amide bonds. The van der Waals surface area contributed by atoms with Crippen molar-refractivity contribution in [1.29, 1.82) is 0 Å². The highest BCUT2D eigenvalue weighted by molar-refractivity contribution is 5.93. The van der Waals surface area contributed by atoms with E-state index < -0.39 is 0 Å². The minimum atomic E-state index is -0.00879. The number of nitrogens with zero attached hydrogens (tertiary/aromatic N) is 4. The third kappa shape index (κ3) is 2.46. The zero-order valence-electron chi connectivity index (χ0n) is 12.5. The van der Waals surface area contributed by atoms with Gasteiger partial charge in [0.25, 0.3) is 5.91 Å². The molecule has 1 saturated heterocycles. The van der Waals surface area contributed by atoms with Gasteiger partial charge >= 0.3 is 0 Å². The number of hydrogen-bond acceptors (Lipinski definition) is 4. The maximum absolute atomic E-state index is 12.8. The van der Waals surface area contributed by atoms with Crippen LogP contribution >= 0.6 is 0 Å². The first-order valence-electron chi connectivity index (χ1n) is 7.52. The molecule has 0 aliphatic carbocycles. The molecule has 0 spiro atoms. The summed E-state index contributed by atoms with van der Waals surface area (Å²) in [5.41, 5.74) is 1.57. The molecule has 0 bridgehead atoms. The van der Waals surface area contributed by atoms with Crippen LogP contribution in [0.15, 0.2) is 22.9 Å². The van der Waals surface area contributed by atoms with E-state index >= 15 is 0 Å². The van der Waals surface area contributed by atoms with E-state index in [0.29, 0.717) is 12.2 Å². The second kappa shape index (κ2) is 5.71. The molecule has 2 aromatic rings. The van der Waals surface area contributed by atoms with Crippen LogP contribution in [-0.4, -0.2) is 32.3 Å². The molecule has 112 valence electrons. The Hall–Kier alpha value is -2.11. The molecular weight excluding hydrogens is 268 g/mol. The third-order valence-electron chi connectivity index (χ3n) is 4.02. The Kier molecular flexibility index (Phi) is 3.77. The predicted octanol–water partition coefficient (Wildman–Crippen LogP) is 2.43. The van der Waals surface area contributed by atoms with Crippen molar-refractivity contribution in [3.8, 4) is 0 Å². The summed E-state index contributed by atoms with van der Waals surface area (Å²) < 4.78 is 7.16.